The van der Waals surface area contributed by atoms with Crippen LogP contribution in [0.4, 0.5) is 13.2 Å². The van der Waals surface area contributed by atoms with Crippen LogP contribution in [0.2, 0.25) is 0 Å². The molecule has 0 heterocycles. The molecule has 0 aromatic carbocycles. The van der Waals surface area contributed by atoms with E-state index in [4.69, 9.17) is 0 Å². The number of ketones is 1. The van der Waals surface area contributed by atoms with Crippen molar-refractivity contribution in [1.82, 2.24) is 0 Å². The number of hydrogen-bond acceptors (Lipinski definition) is 4. The molecule has 1 N–H and O–H groups in total. The minimum atomic E-state index is -4.93. The van der Waals surface area contributed by atoms with E-state index in [1.807, 2.05) is 0 Å². The second kappa shape index (κ2) is 5.48. The zero-order valence-corrected chi connectivity index (χ0v) is 9.80. The number of esters is 1. The van der Waals surface area contributed by atoms with E-state index in [0.717, 1.165) is 6.92 Å². The van der Waals surface area contributed by atoms with Crippen molar-refractivity contribution in [2.45, 2.75) is 39.0 Å². The van der Waals surface area contributed by atoms with Crippen LogP contribution in [0.1, 0.15) is 27.2 Å². The zero-order valence-electron chi connectivity index (χ0n) is 9.80. The number of hydrogen-bond donors (Lipinski definition) is 1. The molecular formula is C10H15F3O4. The number of carbonyl (C=O) groups excluding carboxylic acids is 2. The van der Waals surface area contributed by atoms with Gasteiger partial charge in [0.1, 0.15) is 12.2 Å². The van der Waals surface area contributed by atoms with Crippen molar-refractivity contribution in [2.24, 2.45) is 5.92 Å². The maximum absolute atomic E-state index is 12.4. The fourth-order valence-electron chi connectivity index (χ4n) is 1.07. The first-order valence-electron chi connectivity index (χ1n) is 5.01. The van der Waals surface area contributed by atoms with Gasteiger partial charge in [0.25, 0.3) is 0 Å². The monoisotopic (exact) mass is 256 g/mol. The van der Waals surface area contributed by atoms with E-state index in [-0.39, 0.29) is 6.61 Å². The molecule has 0 fully saturated rings. The number of Topliss-reactive ketones (excluding diaryl/α,β-unsaturated/α-hetero) is 1. The van der Waals surface area contributed by atoms with E-state index in [2.05, 4.69) is 4.74 Å². The van der Waals surface area contributed by atoms with Crippen molar-refractivity contribution in [3.05, 3.63) is 0 Å². The lowest BCUT2D eigenvalue weighted by Gasteiger charge is -2.31. The van der Waals surface area contributed by atoms with Gasteiger partial charge in [-0.2, -0.15) is 13.2 Å². The molecule has 2 atom stereocenters. The van der Waals surface area contributed by atoms with Gasteiger partial charge >= 0.3 is 12.1 Å². The predicted molar refractivity (Wildman–Crippen MR) is 52.1 cm³/mol. The fraction of sp³-hybridized carbons (Fsp3) is 0.800. The summed E-state index contributed by atoms with van der Waals surface area (Å²) in [5, 5.41) is 9.23. The third-order valence-electron chi connectivity index (χ3n) is 2.52. The van der Waals surface area contributed by atoms with E-state index >= 15 is 0 Å². The summed E-state index contributed by atoms with van der Waals surface area (Å²) in [7, 11) is 0. The standard InChI is InChI=1S/C10H15F3O4/c1-4-17-8(15)5-7(14)6(2)9(3,16)10(11,12)13/h6,16H,4-5H2,1-3H3/t6-,9+/m0/s1. The van der Waals surface area contributed by atoms with Crippen molar-refractivity contribution in [3.63, 3.8) is 0 Å². The van der Waals surface area contributed by atoms with Crippen molar-refractivity contribution < 1.29 is 32.6 Å². The molecule has 0 radical (unpaired) electrons. The summed E-state index contributed by atoms with van der Waals surface area (Å²) >= 11 is 0. The quantitative estimate of drug-likeness (QED) is 0.597. The Bertz CT molecular complexity index is 296. The lowest BCUT2D eigenvalue weighted by molar-refractivity contribution is -0.267. The summed E-state index contributed by atoms with van der Waals surface area (Å²) in [4.78, 5) is 22.3. The predicted octanol–water partition coefficient (Wildman–Crippen LogP) is 1.46. The van der Waals surface area contributed by atoms with Gasteiger partial charge < -0.3 is 9.84 Å². The number of aliphatic hydroxyl groups is 1. The first-order valence-corrected chi connectivity index (χ1v) is 5.01. The number of alkyl halides is 3. The van der Waals surface area contributed by atoms with Crippen molar-refractivity contribution >= 4 is 11.8 Å². The van der Waals surface area contributed by atoms with Crippen molar-refractivity contribution in [2.75, 3.05) is 6.61 Å². The van der Waals surface area contributed by atoms with Crippen LogP contribution in [-0.4, -0.2) is 35.2 Å². The molecule has 0 unspecified atom stereocenters. The molecule has 7 heteroatoms. The summed E-state index contributed by atoms with van der Waals surface area (Å²) in [5.41, 5.74) is -3.16. The average molecular weight is 256 g/mol. The first kappa shape index (κ1) is 15.9. The number of ether oxygens (including phenoxy) is 1. The summed E-state index contributed by atoms with van der Waals surface area (Å²) in [6.07, 6.45) is -5.71. The third-order valence-corrected chi connectivity index (χ3v) is 2.52. The molecule has 0 bridgehead atoms. The van der Waals surface area contributed by atoms with Crippen molar-refractivity contribution in [3.8, 4) is 0 Å². The van der Waals surface area contributed by atoms with E-state index in [1.54, 1.807) is 0 Å². The smallest absolute Gasteiger partial charge is 0.417 e. The Kier molecular flexibility index (Phi) is 5.12. The molecule has 0 aliphatic carbocycles. The van der Waals surface area contributed by atoms with Gasteiger partial charge in [-0.1, -0.05) is 6.92 Å². The molecule has 0 amide bonds. The Morgan fingerprint density at radius 2 is 1.82 bits per heavy atom. The third kappa shape index (κ3) is 3.99. The summed E-state index contributed by atoms with van der Waals surface area (Å²) < 4.78 is 41.7. The van der Waals surface area contributed by atoms with Gasteiger partial charge in [0.2, 0.25) is 0 Å². The van der Waals surface area contributed by atoms with E-state index in [1.165, 1.54) is 6.92 Å². The van der Waals surface area contributed by atoms with Gasteiger partial charge in [-0.25, -0.2) is 0 Å². The second-order valence-corrected chi connectivity index (χ2v) is 3.82. The lowest BCUT2D eigenvalue weighted by atomic mass is 9.85. The maximum atomic E-state index is 12.4. The van der Waals surface area contributed by atoms with Crippen LogP contribution in [0, 0.1) is 5.92 Å². The fourth-order valence-corrected chi connectivity index (χ4v) is 1.07. The second-order valence-electron chi connectivity index (χ2n) is 3.82. The van der Waals surface area contributed by atoms with Gasteiger partial charge in [0.15, 0.2) is 5.60 Å². The molecule has 0 aromatic heterocycles. The van der Waals surface area contributed by atoms with Crippen LogP contribution < -0.4 is 0 Å². The molecule has 0 aliphatic heterocycles. The molecule has 0 rings (SSSR count). The Labute approximate surface area is 96.8 Å². The minimum Gasteiger partial charge on any atom is -0.466 e. The number of carbonyl (C=O) groups is 2. The van der Waals surface area contributed by atoms with Crippen LogP contribution >= 0.6 is 0 Å². The normalized spacial score (nSPS) is 17.1. The maximum Gasteiger partial charge on any atom is 0.417 e. The number of halogens is 3. The SMILES string of the molecule is CCOC(=O)CC(=O)[C@H](C)[C@@](C)(O)C(F)(F)F. The summed E-state index contributed by atoms with van der Waals surface area (Å²) in [6.45, 7) is 2.98. The Morgan fingerprint density at radius 3 is 2.18 bits per heavy atom. The van der Waals surface area contributed by atoms with Gasteiger partial charge in [-0.3, -0.25) is 9.59 Å². The molecule has 0 saturated carbocycles. The van der Waals surface area contributed by atoms with Crippen LogP contribution in [0.3, 0.4) is 0 Å². The minimum absolute atomic E-state index is 0.0379. The molecular weight excluding hydrogens is 241 g/mol. The van der Waals surface area contributed by atoms with Gasteiger partial charge in [0.05, 0.1) is 12.5 Å². The van der Waals surface area contributed by atoms with Gasteiger partial charge in [-0.05, 0) is 13.8 Å². The number of rotatable bonds is 5. The Balaban J connectivity index is 4.66. The summed E-state index contributed by atoms with van der Waals surface area (Å²) in [6, 6.07) is 0. The van der Waals surface area contributed by atoms with E-state index in [9.17, 15) is 27.9 Å². The molecule has 0 saturated heterocycles. The Hall–Kier alpha value is -1.11. The van der Waals surface area contributed by atoms with Crippen molar-refractivity contribution in [1.29, 1.82) is 0 Å². The zero-order chi connectivity index (χ0) is 13.9. The molecule has 17 heavy (non-hydrogen) atoms. The topological polar surface area (TPSA) is 63.6 Å². The van der Waals surface area contributed by atoms with Crippen LogP contribution in [0.25, 0.3) is 0 Å². The highest BCUT2D eigenvalue weighted by atomic mass is 19.4. The van der Waals surface area contributed by atoms with Gasteiger partial charge in [0, 0.05) is 0 Å². The van der Waals surface area contributed by atoms with Crippen LogP contribution in [0.15, 0.2) is 0 Å². The average Bonchev–Trinajstić information content (AvgIpc) is 2.14. The summed E-state index contributed by atoms with van der Waals surface area (Å²) in [5.74, 6) is -3.64. The van der Waals surface area contributed by atoms with Crippen LogP contribution in [-0.2, 0) is 14.3 Å². The highest BCUT2D eigenvalue weighted by molar-refractivity contribution is 5.97. The van der Waals surface area contributed by atoms with E-state index < -0.39 is 35.9 Å². The molecule has 0 aromatic rings. The van der Waals surface area contributed by atoms with Crippen LogP contribution in [0.5, 0.6) is 0 Å². The largest absolute Gasteiger partial charge is 0.466 e. The highest BCUT2D eigenvalue weighted by Gasteiger charge is 2.55. The molecule has 0 aliphatic rings. The lowest BCUT2D eigenvalue weighted by Crippen LogP contribution is -2.50. The molecule has 4 nitrogen and oxygen atoms in total. The highest BCUT2D eigenvalue weighted by Crippen LogP contribution is 2.36. The first-order chi connectivity index (χ1) is 7.54. The molecule has 100 valence electrons. The van der Waals surface area contributed by atoms with Gasteiger partial charge in [-0.15, -0.1) is 0 Å². The molecule has 0 spiro atoms. The Morgan fingerprint density at radius 1 is 1.35 bits per heavy atom. The van der Waals surface area contributed by atoms with E-state index in [0.29, 0.717) is 6.92 Å².